The Bertz CT molecular complexity index is 442. The highest BCUT2D eigenvalue weighted by atomic mass is 15.4. The van der Waals surface area contributed by atoms with Crippen molar-refractivity contribution < 1.29 is 0 Å². The number of nitrogens with zero attached hydrogens (tertiary/aromatic N) is 3. The maximum Gasteiger partial charge on any atom is 0.130 e. The first-order chi connectivity index (χ1) is 9.40. The highest BCUT2D eigenvalue weighted by molar-refractivity contribution is 5.51. The lowest BCUT2D eigenvalue weighted by atomic mass is 9.86. The monoisotopic (exact) mass is 278 g/mol. The summed E-state index contributed by atoms with van der Waals surface area (Å²) in [6, 6.07) is 0.823. The van der Waals surface area contributed by atoms with E-state index in [0.717, 1.165) is 18.0 Å². The number of aryl methyl sites for hydroxylation is 2. The predicted molar refractivity (Wildman–Crippen MR) is 85.1 cm³/mol. The third-order valence-electron chi connectivity index (χ3n) is 4.71. The van der Waals surface area contributed by atoms with Crippen molar-refractivity contribution in [2.45, 2.75) is 65.0 Å². The summed E-state index contributed by atoms with van der Waals surface area (Å²) in [5, 5.41) is 4.61. The van der Waals surface area contributed by atoms with Gasteiger partial charge in [0, 0.05) is 31.7 Å². The van der Waals surface area contributed by atoms with Crippen LogP contribution in [0.15, 0.2) is 0 Å². The first kappa shape index (κ1) is 15.4. The lowest BCUT2D eigenvalue weighted by Gasteiger charge is -2.35. The molecule has 2 N–H and O–H groups in total. The zero-order valence-electron chi connectivity index (χ0n) is 13.7. The standard InChI is InChI=1S/C16H30N4/c1-11-6-8-14(9-7-11)19(4)16-15(10-12(2)17)13(3)18-20(16)5/h11-12,14H,6-10,17H2,1-5H3. The number of hydrogen-bond acceptors (Lipinski definition) is 3. The third kappa shape index (κ3) is 3.17. The summed E-state index contributed by atoms with van der Waals surface area (Å²) in [6.07, 6.45) is 6.17. The number of rotatable bonds is 4. The Hall–Kier alpha value is -1.03. The van der Waals surface area contributed by atoms with E-state index in [4.69, 9.17) is 5.73 Å². The van der Waals surface area contributed by atoms with Crippen molar-refractivity contribution >= 4 is 5.82 Å². The molecule has 1 atom stereocenters. The Balaban J connectivity index is 2.22. The lowest BCUT2D eigenvalue weighted by Crippen LogP contribution is -2.36. The van der Waals surface area contributed by atoms with Gasteiger partial charge in [0.25, 0.3) is 0 Å². The fourth-order valence-corrected chi connectivity index (χ4v) is 3.49. The van der Waals surface area contributed by atoms with E-state index in [1.807, 2.05) is 4.68 Å². The highest BCUT2D eigenvalue weighted by Gasteiger charge is 2.26. The van der Waals surface area contributed by atoms with E-state index in [1.54, 1.807) is 0 Å². The van der Waals surface area contributed by atoms with Gasteiger partial charge in [0.1, 0.15) is 5.82 Å². The number of nitrogens with two attached hydrogens (primary N) is 1. The van der Waals surface area contributed by atoms with E-state index in [0.29, 0.717) is 6.04 Å². The van der Waals surface area contributed by atoms with Gasteiger partial charge in [-0.15, -0.1) is 0 Å². The summed E-state index contributed by atoms with van der Waals surface area (Å²) in [5.74, 6) is 2.15. The van der Waals surface area contributed by atoms with Gasteiger partial charge in [0.05, 0.1) is 5.69 Å². The molecule has 0 aromatic carbocycles. The molecule has 0 radical (unpaired) electrons. The van der Waals surface area contributed by atoms with Gasteiger partial charge in [-0.3, -0.25) is 4.68 Å². The molecule has 2 rings (SSSR count). The summed E-state index contributed by atoms with van der Waals surface area (Å²) >= 11 is 0. The Labute approximate surface area is 123 Å². The van der Waals surface area contributed by atoms with Crippen molar-refractivity contribution in [1.82, 2.24) is 9.78 Å². The van der Waals surface area contributed by atoms with E-state index in [2.05, 4.69) is 44.9 Å². The van der Waals surface area contributed by atoms with Crippen LogP contribution in [0.5, 0.6) is 0 Å². The fraction of sp³-hybridized carbons (Fsp3) is 0.812. The van der Waals surface area contributed by atoms with Crippen molar-refractivity contribution in [2.24, 2.45) is 18.7 Å². The van der Waals surface area contributed by atoms with Crippen molar-refractivity contribution in [2.75, 3.05) is 11.9 Å². The van der Waals surface area contributed by atoms with Crippen LogP contribution in [0, 0.1) is 12.8 Å². The second kappa shape index (κ2) is 6.17. The molecule has 1 unspecified atom stereocenters. The molecule has 0 amide bonds. The molecule has 0 aliphatic heterocycles. The molecule has 1 aromatic rings. The molecule has 1 saturated carbocycles. The average molecular weight is 278 g/mol. The van der Waals surface area contributed by atoms with Gasteiger partial charge >= 0.3 is 0 Å². The molecule has 1 fully saturated rings. The van der Waals surface area contributed by atoms with E-state index >= 15 is 0 Å². The van der Waals surface area contributed by atoms with Crippen molar-refractivity contribution in [3.63, 3.8) is 0 Å². The minimum absolute atomic E-state index is 0.177. The SMILES string of the molecule is Cc1nn(C)c(N(C)C2CCC(C)CC2)c1CC(C)N. The number of anilines is 1. The van der Waals surface area contributed by atoms with Crippen LogP contribution in [0.2, 0.25) is 0 Å². The molecule has 1 aliphatic carbocycles. The molecule has 1 aliphatic rings. The van der Waals surface area contributed by atoms with E-state index in [9.17, 15) is 0 Å². The Morgan fingerprint density at radius 2 is 1.95 bits per heavy atom. The second-order valence-corrected chi connectivity index (χ2v) is 6.72. The van der Waals surface area contributed by atoms with Gasteiger partial charge in [-0.1, -0.05) is 6.92 Å². The maximum atomic E-state index is 6.01. The number of aromatic nitrogens is 2. The molecule has 114 valence electrons. The van der Waals surface area contributed by atoms with Crippen LogP contribution in [-0.4, -0.2) is 28.9 Å². The van der Waals surface area contributed by atoms with E-state index in [1.165, 1.54) is 37.1 Å². The van der Waals surface area contributed by atoms with E-state index < -0.39 is 0 Å². The third-order valence-corrected chi connectivity index (χ3v) is 4.71. The lowest BCUT2D eigenvalue weighted by molar-refractivity contribution is 0.338. The van der Waals surface area contributed by atoms with Crippen LogP contribution in [-0.2, 0) is 13.5 Å². The quantitative estimate of drug-likeness (QED) is 0.921. The number of hydrogen-bond donors (Lipinski definition) is 1. The Morgan fingerprint density at radius 1 is 1.35 bits per heavy atom. The average Bonchev–Trinajstić information content (AvgIpc) is 2.64. The van der Waals surface area contributed by atoms with Gasteiger partial charge in [-0.05, 0) is 51.9 Å². The zero-order chi connectivity index (χ0) is 14.9. The smallest absolute Gasteiger partial charge is 0.130 e. The minimum atomic E-state index is 0.177. The largest absolute Gasteiger partial charge is 0.357 e. The van der Waals surface area contributed by atoms with Crippen LogP contribution in [0.25, 0.3) is 0 Å². The summed E-state index contributed by atoms with van der Waals surface area (Å²) in [6.45, 7) is 6.53. The van der Waals surface area contributed by atoms with Gasteiger partial charge in [-0.25, -0.2) is 0 Å². The molecule has 1 aromatic heterocycles. The summed E-state index contributed by atoms with van der Waals surface area (Å²) in [4.78, 5) is 2.45. The van der Waals surface area contributed by atoms with Crippen molar-refractivity contribution in [1.29, 1.82) is 0 Å². The van der Waals surface area contributed by atoms with Gasteiger partial charge in [-0.2, -0.15) is 5.10 Å². The first-order valence-corrected chi connectivity index (χ1v) is 7.91. The molecule has 0 bridgehead atoms. The van der Waals surface area contributed by atoms with Crippen molar-refractivity contribution in [3.05, 3.63) is 11.3 Å². The summed E-state index contributed by atoms with van der Waals surface area (Å²) in [5.41, 5.74) is 8.46. The van der Waals surface area contributed by atoms with Gasteiger partial charge < -0.3 is 10.6 Å². The topological polar surface area (TPSA) is 47.1 Å². The summed E-state index contributed by atoms with van der Waals surface area (Å²) in [7, 11) is 4.27. The predicted octanol–water partition coefficient (Wildman–Crippen LogP) is 2.63. The van der Waals surface area contributed by atoms with Crippen LogP contribution >= 0.6 is 0 Å². The maximum absolute atomic E-state index is 6.01. The van der Waals surface area contributed by atoms with E-state index in [-0.39, 0.29) is 6.04 Å². The molecule has 1 heterocycles. The normalized spacial score (nSPS) is 24.7. The second-order valence-electron chi connectivity index (χ2n) is 6.72. The minimum Gasteiger partial charge on any atom is -0.357 e. The molecule has 20 heavy (non-hydrogen) atoms. The Morgan fingerprint density at radius 3 is 2.50 bits per heavy atom. The molecule has 0 spiro atoms. The molecular weight excluding hydrogens is 248 g/mol. The van der Waals surface area contributed by atoms with Crippen LogP contribution in [0.3, 0.4) is 0 Å². The van der Waals surface area contributed by atoms with Gasteiger partial charge in [0.2, 0.25) is 0 Å². The Kier molecular flexibility index (Phi) is 4.74. The van der Waals surface area contributed by atoms with Crippen LogP contribution in [0.1, 0.15) is 50.8 Å². The highest BCUT2D eigenvalue weighted by Crippen LogP contribution is 2.32. The first-order valence-electron chi connectivity index (χ1n) is 7.91. The van der Waals surface area contributed by atoms with Gasteiger partial charge in [0.15, 0.2) is 0 Å². The molecule has 4 nitrogen and oxygen atoms in total. The van der Waals surface area contributed by atoms with Crippen molar-refractivity contribution in [3.8, 4) is 0 Å². The summed E-state index contributed by atoms with van der Waals surface area (Å²) < 4.78 is 2.03. The zero-order valence-corrected chi connectivity index (χ0v) is 13.7. The molecular formula is C16H30N4. The van der Waals surface area contributed by atoms with Crippen LogP contribution in [0.4, 0.5) is 5.82 Å². The van der Waals surface area contributed by atoms with Crippen LogP contribution < -0.4 is 10.6 Å². The molecule has 4 heteroatoms. The fourth-order valence-electron chi connectivity index (χ4n) is 3.49. The molecule has 0 saturated heterocycles.